The Bertz CT molecular complexity index is 585. The van der Waals surface area contributed by atoms with Crippen LogP contribution in [0.1, 0.15) is 26.3 Å². The molecule has 0 heterocycles. The Balaban J connectivity index is 3.07. The lowest BCUT2D eigenvalue weighted by atomic mass is 9.80. The van der Waals surface area contributed by atoms with Crippen LogP contribution in [0.25, 0.3) is 0 Å². The Hall–Kier alpha value is -2.42. The fourth-order valence-corrected chi connectivity index (χ4v) is 1.80. The summed E-state index contributed by atoms with van der Waals surface area (Å²) >= 11 is 0. The molecule has 106 valence electrons. The van der Waals surface area contributed by atoms with E-state index >= 15 is 0 Å². The summed E-state index contributed by atoms with van der Waals surface area (Å²) in [5.41, 5.74) is -0.756. The number of rotatable bonds is 3. The highest BCUT2D eigenvalue weighted by molar-refractivity contribution is 6.05. The fourth-order valence-electron chi connectivity index (χ4n) is 1.80. The van der Waals surface area contributed by atoms with Crippen LogP contribution in [0, 0.1) is 28.5 Å². The van der Waals surface area contributed by atoms with Crippen molar-refractivity contribution < 1.29 is 19.1 Å². The van der Waals surface area contributed by atoms with Gasteiger partial charge < -0.3 is 10.4 Å². The third-order valence-corrected chi connectivity index (χ3v) is 2.74. The summed E-state index contributed by atoms with van der Waals surface area (Å²) in [7, 11) is 0. The summed E-state index contributed by atoms with van der Waals surface area (Å²) in [6.45, 7) is 4.88. The van der Waals surface area contributed by atoms with Gasteiger partial charge in [-0.15, -0.1) is 0 Å². The van der Waals surface area contributed by atoms with Gasteiger partial charge in [-0.1, -0.05) is 20.8 Å². The number of anilines is 1. The van der Waals surface area contributed by atoms with E-state index in [1.54, 1.807) is 26.8 Å². The molecule has 1 amide bonds. The van der Waals surface area contributed by atoms with Gasteiger partial charge in [0.25, 0.3) is 0 Å². The molecule has 0 spiro atoms. The molecule has 0 fully saturated rings. The predicted octanol–water partition coefficient (Wildman–Crippen LogP) is 2.38. The van der Waals surface area contributed by atoms with Crippen LogP contribution in [0.3, 0.4) is 0 Å². The van der Waals surface area contributed by atoms with E-state index < -0.39 is 29.0 Å². The molecular weight excluding hydrogens is 263 g/mol. The van der Waals surface area contributed by atoms with Crippen LogP contribution in [0.4, 0.5) is 10.1 Å². The molecule has 1 rings (SSSR count). The number of carbonyl (C=O) groups is 2. The van der Waals surface area contributed by atoms with Gasteiger partial charge in [0.1, 0.15) is 17.8 Å². The first-order valence-corrected chi connectivity index (χ1v) is 5.90. The fraction of sp³-hybridized carbons (Fsp3) is 0.357. The van der Waals surface area contributed by atoms with E-state index in [2.05, 4.69) is 5.32 Å². The second-order valence-corrected chi connectivity index (χ2v) is 5.43. The summed E-state index contributed by atoms with van der Waals surface area (Å²) in [5.74, 6) is -3.88. The zero-order chi connectivity index (χ0) is 15.5. The van der Waals surface area contributed by atoms with Crippen LogP contribution in [0.15, 0.2) is 18.2 Å². The zero-order valence-corrected chi connectivity index (χ0v) is 11.4. The van der Waals surface area contributed by atoms with Gasteiger partial charge in [-0.2, -0.15) is 5.26 Å². The number of hydrogen-bond acceptors (Lipinski definition) is 3. The van der Waals surface area contributed by atoms with Crippen molar-refractivity contribution in [1.82, 2.24) is 0 Å². The smallest absolute Gasteiger partial charge is 0.316 e. The lowest BCUT2D eigenvalue weighted by Gasteiger charge is -2.26. The topological polar surface area (TPSA) is 90.2 Å². The van der Waals surface area contributed by atoms with Crippen molar-refractivity contribution in [1.29, 1.82) is 5.26 Å². The van der Waals surface area contributed by atoms with Crippen LogP contribution in [0.2, 0.25) is 0 Å². The molecule has 0 aliphatic carbocycles. The van der Waals surface area contributed by atoms with Gasteiger partial charge in [0, 0.05) is 0 Å². The second-order valence-electron chi connectivity index (χ2n) is 5.43. The van der Waals surface area contributed by atoms with E-state index in [9.17, 15) is 14.0 Å². The minimum atomic E-state index is -1.28. The van der Waals surface area contributed by atoms with E-state index in [1.165, 1.54) is 6.07 Å². The Labute approximate surface area is 116 Å². The van der Waals surface area contributed by atoms with Crippen molar-refractivity contribution in [3.05, 3.63) is 29.6 Å². The number of carboxylic acid groups (broad SMARTS) is 1. The van der Waals surface area contributed by atoms with E-state index in [0.717, 1.165) is 12.1 Å². The molecule has 0 aliphatic heterocycles. The molecule has 1 atom stereocenters. The Kier molecular flexibility index (Phi) is 4.45. The molecule has 0 aromatic heterocycles. The first kappa shape index (κ1) is 15.6. The van der Waals surface area contributed by atoms with E-state index in [0.29, 0.717) is 0 Å². The number of carbonyl (C=O) groups excluding carboxylic acids is 1. The highest BCUT2D eigenvalue weighted by Crippen LogP contribution is 2.28. The summed E-state index contributed by atoms with van der Waals surface area (Å²) in [6.07, 6.45) is 0. The third-order valence-electron chi connectivity index (χ3n) is 2.74. The van der Waals surface area contributed by atoms with Crippen LogP contribution in [-0.4, -0.2) is 17.0 Å². The average Bonchev–Trinajstić information content (AvgIpc) is 2.28. The highest BCUT2D eigenvalue weighted by atomic mass is 19.1. The van der Waals surface area contributed by atoms with Crippen LogP contribution in [0.5, 0.6) is 0 Å². The monoisotopic (exact) mass is 278 g/mol. The van der Waals surface area contributed by atoms with Crippen molar-refractivity contribution in [3.63, 3.8) is 0 Å². The van der Waals surface area contributed by atoms with Crippen LogP contribution >= 0.6 is 0 Å². The van der Waals surface area contributed by atoms with E-state index in [-0.39, 0.29) is 11.3 Å². The molecule has 1 unspecified atom stereocenters. The molecule has 5 nitrogen and oxygen atoms in total. The number of hydrogen-bond donors (Lipinski definition) is 2. The zero-order valence-electron chi connectivity index (χ0n) is 11.4. The molecule has 0 bridgehead atoms. The molecule has 0 aliphatic rings. The molecule has 1 aromatic carbocycles. The number of carboxylic acids is 1. The molecule has 0 saturated carbocycles. The molecule has 6 heteroatoms. The maximum Gasteiger partial charge on any atom is 0.316 e. The number of nitrogens with one attached hydrogen (secondary N) is 1. The van der Waals surface area contributed by atoms with Crippen molar-refractivity contribution in [2.24, 2.45) is 11.3 Å². The van der Waals surface area contributed by atoms with Gasteiger partial charge in [-0.3, -0.25) is 9.59 Å². The minimum absolute atomic E-state index is 0.0589. The lowest BCUT2D eigenvalue weighted by molar-refractivity contribution is -0.149. The minimum Gasteiger partial charge on any atom is -0.481 e. The first-order valence-electron chi connectivity index (χ1n) is 5.90. The van der Waals surface area contributed by atoms with Crippen molar-refractivity contribution in [2.45, 2.75) is 20.8 Å². The summed E-state index contributed by atoms with van der Waals surface area (Å²) < 4.78 is 13.0. The summed E-state index contributed by atoms with van der Waals surface area (Å²) in [5, 5.41) is 20.4. The number of amides is 1. The largest absolute Gasteiger partial charge is 0.481 e. The predicted molar refractivity (Wildman–Crippen MR) is 70.3 cm³/mol. The van der Waals surface area contributed by atoms with Gasteiger partial charge in [0.05, 0.1) is 11.3 Å². The van der Waals surface area contributed by atoms with Crippen LogP contribution in [-0.2, 0) is 9.59 Å². The lowest BCUT2D eigenvalue weighted by Crippen LogP contribution is -2.39. The van der Waals surface area contributed by atoms with Gasteiger partial charge in [-0.05, 0) is 23.6 Å². The average molecular weight is 278 g/mol. The molecule has 20 heavy (non-hydrogen) atoms. The third kappa shape index (κ3) is 3.54. The Morgan fingerprint density at radius 3 is 2.45 bits per heavy atom. The quantitative estimate of drug-likeness (QED) is 0.830. The molecule has 0 radical (unpaired) electrons. The van der Waals surface area contributed by atoms with Crippen molar-refractivity contribution >= 4 is 17.6 Å². The van der Waals surface area contributed by atoms with E-state index in [4.69, 9.17) is 10.4 Å². The Morgan fingerprint density at radius 1 is 1.40 bits per heavy atom. The molecule has 2 N–H and O–H groups in total. The number of benzene rings is 1. The Morgan fingerprint density at radius 2 is 2.00 bits per heavy atom. The normalized spacial score (nSPS) is 12.3. The van der Waals surface area contributed by atoms with Gasteiger partial charge in [0.2, 0.25) is 5.91 Å². The number of nitrogens with zero attached hydrogens (tertiary/aromatic N) is 1. The molecular formula is C14H15FN2O3. The maximum absolute atomic E-state index is 13.0. The standard InChI is InChI=1S/C14H15FN2O3/c1-14(2,3)11(13(19)20)12(18)17-10-5-4-9(15)6-8(10)7-16/h4-6,11H,1-3H3,(H,17,18)(H,19,20). The SMILES string of the molecule is CC(C)(C)C(C(=O)O)C(=O)Nc1ccc(F)cc1C#N. The molecule has 0 saturated heterocycles. The van der Waals surface area contributed by atoms with Gasteiger partial charge in [-0.25, -0.2) is 4.39 Å². The number of halogens is 1. The maximum atomic E-state index is 13.0. The van der Waals surface area contributed by atoms with Crippen LogP contribution < -0.4 is 5.32 Å². The van der Waals surface area contributed by atoms with Gasteiger partial charge >= 0.3 is 5.97 Å². The summed E-state index contributed by atoms with van der Waals surface area (Å²) in [6, 6.07) is 5.04. The highest BCUT2D eigenvalue weighted by Gasteiger charge is 2.37. The molecule has 1 aromatic rings. The number of nitriles is 1. The van der Waals surface area contributed by atoms with Crippen molar-refractivity contribution in [3.8, 4) is 6.07 Å². The van der Waals surface area contributed by atoms with Gasteiger partial charge in [0.15, 0.2) is 0 Å². The first-order chi connectivity index (χ1) is 9.16. The number of aliphatic carboxylic acids is 1. The van der Waals surface area contributed by atoms with E-state index in [1.807, 2.05) is 0 Å². The second kappa shape index (κ2) is 5.70. The van der Waals surface area contributed by atoms with Crippen molar-refractivity contribution in [2.75, 3.05) is 5.32 Å². The summed E-state index contributed by atoms with van der Waals surface area (Å²) in [4.78, 5) is 23.3.